The van der Waals surface area contributed by atoms with Gasteiger partial charge in [-0.3, -0.25) is 9.52 Å². The van der Waals surface area contributed by atoms with Gasteiger partial charge in [-0.25, -0.2) is 12.8 Å². The summed E-state index contributed by atoms with van der Waals surface area (Å²) < 4.78 is 46.3. The van der Waals surface area contributed by atoms with Gasteiger partial charge in [0.2, 0.25) is 0 Å². The van der Waals surface area contributed by atoms with E-state index in [2.05, 4.69) is 10.0 Å². The Morgan fingerprint density at radius 3 is 2.10 bits per heavy atom. The van der Waals surface area contributed by atoms with E-state index in [9.17, 15) is 17.6 Å². The lowest BCUT2D eigenvalue weighted by Crippen LogP contribution is -2.32. The number of carbonyl (C=O) groups excluding carboxylic acids is 1. The number of sulfonamides is 1. The van der Waals surface area contributed by atoms with Crippen molar-refractivity contribution in [1.82, 2.24) is 0 Å². The highest BCUT2D eigenvalue weighted by Crippen LogP contribution is 2.20. The summed E-state index contributed by atoms with van der Waals surface area (Å²) in [5.74, 6) is -0.399. The molecule has 1 atom stereocenters. The third kappa shape index (κ3) is 6.05. The standard InChI is InChI=1S/C23H23FN2O4S/c1-3-22(30-20-12-6-17(24)7-13-20)23(27)25-18-10-14-21(15-11-18)31(28,29)26-19-8-4-16(2)5-9-19/h4-15,22,26H,3H2,1-2H3,(H,25,27)/t22-/m1/s1. The lowest BCUT2D eigenvalue weighted by molar-refractivity contribution is -0.122. The van der Waals surface area contributed by atoms with Crippen LogP contribution >= 0.6 is 0 Å². The minimum absolute atomic E-state index is 0.0701. The van der Waals surface area contributed by atoms with Crippen LogP contribution in [0.25, 0.3) is 0 Å². The summed E-state index contributed by atoms with van der Waals surface area (Å²) in [5, 5.41) is 2.71. The van der Waals surface area contributed by atoms with E-state index < -0.39 is 21.9 Å². The van der Waals surface area contributed by atoms with E-state index in [0.717, 1.165) is 5.56 Å². The quantitative estimate of drug-likeness (QED) is 0.528. The summed E-state index contributed by atoms with van der Waals surface area (Å²) in [7, 11) is -3.75. The largest absolute Gasteiger partial charge is 0.481 e. The van der Waals surface area contributed by atoms with Gasteiger partial charge in [0.1, 0.15) is 11.6 Å². The predicted octanol–water partition coefficient (Wildman–Crippen LogP) is 4.73. The van der Waals surface area contributed by atoms with E-state index in [0.29, 0.717) is 23.5 Å². The average Bonchev–Trinajstić information content (AvgIpc) is 2.75. The maximum atomic E-state index is 13.0. The first-order valence-electron chi connectivity index (χ1n) is 9.69. The maximum absolute atomic E-state index is 13.0. The Kier molecular flexibility index (Phi) is 6.91. The molecule has 0 radical (unpaired) electrons. The number of hydrogen-bond donors (Lipinski definition) is 2. The first-order chi connectivity index (χ1) is 14.8. The molecule has 0 aliphatic rings. The van der Waals surface area contributed by atoms with Crippen molar-refractivity contribution >= 4 is 27.3 Å². The Morgan fingerprint density at radius 1 is 0.935 bits per heavy atom. The molecule has 0 aliphatic carbocycles. The van der Waals surface area contributed by atoms with Gasteiger partial charge in [0.25, 0.3) is 15.9 Å². The number of hydrogen-bond acceptors (Lipinski definition) is 4. The Balaban J connectivity index is 1.65. The van der Waals surface area contributed by atoms with Crippen molar-refractivity contribution in [2.75, 3.05) is 10.0 Å². The maximum Gasteiger partial charge on any atom is 0.265 e. The highest BCUT2D eigenvalue weighted by molar-refractivity contribution is 7.92. The molecule has 0 spiro atoms. The van der Waals surface area contributed by atoms with Crippen LogP contribution in [0.15, 0.2) is 77.7 Å². The van der Waals surface area contributed by atoms with Crippen LogP contribution in [0.5, 0.6) is 5.75 Å². The summed E-state index contributed by atoms with van der Waals surface area (Å²) in [4.78, 5) is 12.6. The van der Waals surface area contributed by atoms with E-state index in [1.54, 1.807) is 19.1 Å². The van der Waals surface area contributed by atoms with Gasteiger partial charge in [0.15, 0.2) is 6.10 Å². The van der Waals surface area contributed by atoms with Crippen LogP contribution in [0.1, 0.15) is 18.9 Å². The summed E-state index contributed by atoms with van der Waals surface area (Å²) in [6.45, 7) is 3.71. The Bertz CT molecular complexity index is 1130. The third-order valence-corrected chi connectivity index (χ3v) is 5.89. The molecule has 31 heavy (non-hydrogen) atoms. The van der Waals surface area contributed by atoms with Crippen LogP contribution in [0.3, 0.4) is 0 Å². The zero-order chi connectivity index (χ0) is 22.4. The number of nitrogens with one attached hydrogen (secondary N) is 2. The molecule has 3 aromatic carbocycles. The minimum atomic E-state index is -3.75. The van der Waals surface area contributed by atoms with Crippen molar-refractivity contribution in [2.24, 2.45) is 0 Å². The van der Waals surface area contributed by atoms with Gasteiger partial charge < -0.3 is 10.1 Å². The van der Waals surface area contributed by atoms with Gasteiger partial charge >= 0.3 is 0 Å². The van der Waals surface area contributed by atoms with Crippen molar-refractivity contribution < 1.29 is 22.3 Å². The van der Waals surface area contributed by atoms with Gasteiger partial charge in [-0.2, -0.15) is 0 Å². The fourth-order valence-corrected chi connectivity index (χ4v) is 3.83. The van der Waals surface area contributed by atoms with Gasteiger partial charge in [-0.15, -0.1) is 0 Å². The predicted molar refractivity (Wildman–Crippen MR) is 118 cm³/mol. The number of ether oxygens (including phenoxy) is 1. The van der Waals surface area contributed by atoms with Crippen LogP contribution < -0.4 is 14.8 Å². The van der Waals surface area contributed by atoms with E-state index >= 15 is 0 Å². The molecule has 0 heterocycles. The molecule has 3 aromatic rings. The van der Waals surface area contributed by atoms with Crippen LogP contribution in [-0.4, -0.2) is 20.4 Å². The molecule has 0 aromatic heterocycles. The number of halogens is 1. The molecule has 8 heteroatoms. The van der Waals surface area contributed by atoms with E-state index in [4.69, 9.17) is 4.74 Å². The van der Waals surface area contributed by atoms with Crippen molar-refractivity contribution in [3.8, 4) is 5.75 Å². The second kappa shape index (κ2) is 9.61. The first kappa shape index (κ1) is 22.3. The fourth-order valence-electron chi connectivity index (χ4n) is 2.78. The Morgan fingerprint density at radius 2 is 1.52 bits per heavy atom. The van der Waals surface area contributed by atoms with E-state index in [1.807, 2.05) is 19.1 Å². The zero-order valence-electron chi connectivity index (χ0n) is 17.1. The Labute approximate surface area is 181 Å². The second-order valence-corrected chi connectivity index (χ2v) is 8.64. The van der Waals surface area contributed by atoms with Crippen LogP contribution in [0.4, 0.5) is 15.8 Å². The highest BCUT2D eigenvalue weighted by Gasteiger charge is 2.19. The molecule has 0 bridgehead atoms. The van der Waals surface area contributed by atoms with Gasteiger partial charge in [-0.1, -0.05) is 24.6 Å². The zero-order valence-corrected chi connectivity index (χ0v) is 17.9. The molecular weight excluding hydrogens is 419 g/mol. The molecular formula is C23H23FN2O4S. The third-order valence-electron chi connectivity index (χ3n) is 4.49. The number of carbonyl (C=O) groups is 1. The van der Waals surface area contributed by atoms with Crippen LogP contribution in [0, 0.1) is 12.7 Å². The van der Waals surface area contributed by atoms with Crippen LogP contribution in [-0.2, 0) is 14.8 Å². The number of benzene rings is 3. The van der Waals surface area contributed by atoms with Gasteiger partial charge in [0.05, 0.1) is 4.90 Å². The summed E-state index contributed by atoms with van der Waals surface area (Å²) in [5.41, 5.74) is 1.92. The van der Waals surface area contributed by atoms with Gasteiger partial charge in [-0.05, 0) is 74.0 Å². The van der Waals surface area contributed by atoms with Crippen molar-refractivity contribution in [1.29, 1.82) is 0 Å². The second-order valence-electron chi connectivity index (χ2n) is 6.95. The van der Waals surface area contributed by atoms with Crippen LogP contribution in [0.2, 0.25) is 0 Å². The van der Waals surface area contributed by atoms with Crippen molar-refractivity contribution in [3.05, 3.63) is 84.2 Å². The Hall–Kier alpha value is -3.39. The van der Waals surface area contributed by atoms with E-state index in [1.165, 1.54) is 48.5 Å². The van der Waals surface area contributed by atoms with Crippen molar-refractivity contribution in [3.63, 3.8) is 0 Å². The number of anilines is 2. The number of aryl methyl sites for hydroxylation is 1. The summed E-state index contributed by atoms with van der Waals surface area (Å²) in [6, 6.07) is 18.2. The molecule has 0 fully saturated rings. The molecule has 0 aliphatic heterocycles. The number of rotatable bonds is 8. The van der Waals surface area contributed by atoms with Gasteiger partial charge in [0, 0.05) is 11.4 Å². The SMILES string of the molecule is CC[C@@H](Oc1ccc(F)cc1)C(=O)Nc1ccc(S(=O)(=O)Nc2ccc(C)cc2)cc1. The topological polar surface area (TPSA) is 84.5 Å². The number of amides is 1. The van der Waals surface area contributed by atoms with Crippen molar-refractivity contribution in [2.45, 2.75) is 31.3 Å². The smallest absolute Gasteiger partial charge is 0.265 e. The lowest BCUT2D eigenvalue weighted by atomic mass is 10.2. The first-order valence-corrected chi connectivity index (χ1v) is 11.2. The summed E-state index contributed by atoms with van der Waals surface area (Å²) in [6.07, 6.45) is -0.382. The molecule has 0 unspecified atom stereocenters. The molecule has 3 rings (SSSR count). The highest BCUT2D eigenvalue weighted by atomic mass is 32.2. The monoisotopic (exact) mass is 442 g/mol. The molecule has 0 saturated heterocycles. The van der Waals surface area contributed by atoms with E-state index in [-0.39, 0.29) is 10.8 Å². The molecule has 162 valence electrons. The molecule has 1 amide bonds. The fraction of sp³-hybridized carbons (Fsp3) is 0.174. The normalized spacial score (nSPS) is 12.1. The molecule has 6 nitrogen and oxygen atoms in total. The minimum Gasteiger partial charge on any atom is -0.481 e. The molecule has 0 saturated carbocycles. The molecule has 2 N–H and O–H groups in total. The lowest BCUT2D eigenvalue weighted by Gasteiger charge is -2.17. The average molecular weight is 443 g/mol. The summed E-state index contributed by atoms with van der Waals surface area (Å²) >= 11 is 0.